The largest absolute Gasteiger partial charge is 0.356 e. The molecule has 8 nitrogen and oxygen atoms in total. The summed E-state index contributed by atoms with van der Waals surface area (Å²) in [5.74, 6) is -0.112. The Hall–Kier alpha value is -4.27. The van der Waals surface area contributed by atoms with Crippen molar-refractivity contribution in [3.05, 3.63) is 114 Å². The van der Waals surface area contributed by atoms with Gasteiger partial charge in [-0.25, -0.2) is 0 Å². The van der Waals surface area contributed by atoms with E-state index in [1.54, 1.807) is 24.3 Å². The standard InChI is InChI=1S/C36H41N5O3/c1-2-33(42)39-31-11-7-6-10-28(31)36(44)38-27-17-20-41(21-18-27)23-24-12-14-26(15-13-24)34-29(25-8-4-3-5-9-25)22-30-32(40-34)16-19-37-35(30)43/h2-15,27,29-30,32,34,40H,1,16-23H2,(H,37,43)(H,38,44)(H,39,42). The van der Waals surface area contributed by atoms with Crippen molar-refractivity contribution in [2.75, 3.05) is 25.0 Å². The van der Waals surface area contributed by atoms with Gasteiger partial charge >= 0.3 is 0 Å². The summed E-state index contributed by atoms with van der Waals surface area (Å²) in [6.07, 6.45) is 4.73. The van der Waals surface area contributed by atoms with E-state index in [2.05, 4.69) is 81.3 Å². The van der Waals surface area contributed by atoms with Gasteiger partial charge in [-0.1, -0.05) is 73.3 Å². The van der Waals surface area contributed by atoms with Crippen molar-refractivity contribution in [3.63, 3.8) is 0 Å². The van der Waals surface area contributed by atoms with Crippen LogP contribution in [0.1, 0.15) is 64.7 Å². The number of rotatable bonds is 8. The molecule has 0 radical (unpaired) electrons. The summed E-state index contributed by atoms with van der Waals surface area (Å²) in [5.41, 5.74) is 4.74. The van der Waals surface area contributed by atoms with Crippen LogP contribution in [0.25, 0.3) is 0 Å². The zero-order valence-electron chi connectivity index (χ0n) is 25.0. The third-order valence-electron chi connectivity index (χ3n) is 9.39. The van der Waals surface area contributed by atoms with Gasteiger partial charge in [0.05, 0.1) is 17.2 Å². The van der Waals surface area contributed by atoms with Crippen molar-refractivity contribution >= 4 is 23.4 Å². The molecule has 0 aromatic heterocycles. The number of hydrogen-bond donors (Lipinski definition) is 4. The van der Waals surface area contributed by atoms with E-state index >= 15 is 0 Å². The third-order valence-corrected chi connectivity index (χ3v) is 9.39. The number of para-hydroxylation sites is 1. The lowest BCUT2D eigenvalue weighted by molar-refractivity contribution is -0.129. The van der Waals surface area contributed by atoms with Crippen molar-refractivity contribution in [2.24, 2.45) is 5.92 Å². The number of amides is 3. The van der Waals surface area contributed by atoms with Gasteiger partial charge in [-0.3, -0.25) is 19.3 Å². The zero-order valence-corrected chi connectivity index (χ0v) is 25.0. The minimum Gasteiger partial charge on any atom is -0.356 e. The van der Waals surface area contributed by atoms with Gasteiger partial charge in [0.15, 0.2) is 0 Å². The molecule has 44 heavy (non-hydrogen) atoms. The highest BCUT2D eigenvalue weighted by molar-refractivity contribution is 6.06. The van der Waals surface area contributed by atoms with Crippen LogP contribution in [0, 0.1) is 5.92 Å². The normalized spacial score (nSPS) is 24.0. The first-order valence-corrected chi connectivity index (χ1v) is 15.7. The van der Waals surface area contributed by atoms with Crippen LogP contribution < -0.4 is 21.3 Å². The highest BCUT2D eigenvalue weighted by atomic mass is 16.2. The molecule has 3 aromatic rings. The lowest BCUT2D eigenvalue weighted by Crippen LogP contribution is -2.56. The zero-order chi connectivity index (χ0) is 30.5. The van der Waals surface area contributed by atoms with Crippen LogP contribution in [-0.2, 0) is 16.1 Å². The molecule has 0 saturated carbocycles. The summed E-state index contributed by atoms with van der Waals surface area (Å²) in [6.45, 7) is 6.87. The highest BCUT2D eigenvalue weighted by Crippen LogP contribution is 2.42. The lowest BCUT2D eigenvalue weighted by atomic mass is 9.72. The Morgan fingerprint density at radius 1 is 0.886 bits per heavy atom. The number of piperidine rings is 3. The number of nitrogens with one attached hydrogen (secondary N) is 4. The van der Waals surface area contributed by atoms with Crippen LogP contribution in [0.2, 0.25) is 0 Å². The highest BCUT2D eigenvalue weighted by Gasteiger charge is 2.42. The molecule has 3 saturated heterocycles. The quantitative estimate of drug-likeness (QED) is 0.289. The number of fused-ring (bicyclic) bond motifs is 1. The van der Waals surface area contributed by atoms with E-state index in [9.17, 15) is 14.4 Å². The second-order valence-electron chi connectivity index (χ2n) is 12.2. The summed E-state index contributed by atoms with van der Waals surface area (Å²) in [4.78, 5) is 39.9. The van der Waals surface area contributed by atoms with Crippen LogP contribution in [0.3, 0.4) is 0 Å². The fourth-order valence-corrected chi connectivity index (χ4v) is 7.01. The van der Waals surface area contributed by atoms with E-state index in [1.807, 2.05) is 6.07 Å². The first kappa shape index (κ1) is 29.8. The molecule has 3 heterocycles. The van der Waals surface area contributed by atoms with Gasteiger partial charge < -0.3 is 21.3 Å². The van der Waals surface area contributed by atoms with Gasteiger partial charge in [0.1, 0.15) is 0 Å². The number of nitrogens with zero attached hydrogens (tertiary/aromatic N) is 1. The minimum absolute atomic E-state index is 0.00469. The van der Waals surface area contributed by atoms with E-state index in [1.165, 1.54) is 22.8 Å². The maximum Gasteiger partial charge on any atom is 0.253 e. The van der Waals surface area contributed by atoms with E-state index in [0.29, 0.717) is 11.3 Å². The number of likely N-dealkylation sites (tertiary alicyclic amines) is 1. The molecule has 0 spiro atoms. The molecule has 3 aromatic carbocycles. The topological polar surface area (TPSA) is 103 Å². The summed E-state index contributed by atoms with van der Waals surface area (Å²) in [5, 5.41) is 12.8. The predicted octanol–water partition coefficient (Wildman–Crippen LogP) is 4.53. The molecule has 0 aliphatic carbocycles. The summed E-state index contributed by atoms with van der Waals surface area (Å²) in [7, 11) is 0. The molecular weight excluding hydrogens is 550 g/mol. The van der Waals surface area contributed by atoms with Crippen LogP contribution >= 0.6 is 0 Å². The fraction of sp³-hybridized carbons (Fsp3) is 0.361. The van der Waals surface area contributed by atoms with Crippen molar-refractivity contribution in [1.82, 2.24) is 20.9 Å². The van der Waals surface area contributed by atoms with Crippen LogP contribution in [0.4, 0.5) is 5.69 Å². The third kappa shape index (κ3) is 6.77. The molecule has 4 unspecified atom stereocenters. The fourth-order valence-electron chi connectivity index (χ4n) is 7.01. The van der Waals surface area contributed by atoms with Crippen molar-refractivity contribution in [3.8, 4) is 0 Å². The van der Waals surface area contributed by atoms with Crippen molar-refractivity contribution in [1.29, 1.82) is 0 Å². The Labute approximate surface area is 259 Å². The SMILES string of the molecule is C=CC(=O)Nc1ccccc1C(=O)NC1CCN(Cc2ccc(C3NC4CCNC(=O)C4CC3c3ccccc3)cc2)CC1. The summed E-state index contributed by atoms with van der Waals surface area (Å²) in [6, 6.07) is 27.0. The van der Waals surface area contributed by atoms with Gasteiger partial charge in [-0.05, 0) is 60.6 Å². The Morgan fingerprint density at radius 3 is 2.36 bits per heavy atom. The summed E-state index contributed by atoms with van der Waals surface area (Å²) < 4.78 is 0. The average Bonchev–Trinajstić information content (AvgIpc) is 3.06. The molecule has 3 amide bonds. The second kappa shape index (κ2) is 13.6. The summed E-state index contributed by atoms with van der Waals surface area (Å²) >= 11 is 0. The first-order chi connectivity index (χ1) is 21.5. The number of benzene rings is 3. The minimum atomic E-state index is -0.343. The number of hydrogen-bond acceptors (Lipinski definition) is 5. The maximum absolute atomic E-state index is 13.0. The molecule has 0 bridgehead atoms. The van der Waals surface area contributed by atoms with E-state index < -0.39 is 0 Å². The molecule has 3 aliphatic heterocycles. The molecule has 8 heteroatoms. The van der Waals surface area contributed by atoms with E-state index in [4.69, 9.17) is 0 Å². The smallest absolute Gasteiger partial charge is 0.253 e. The molecule has 3 aliphatic rings. The number of anilines is 1. The van der Waals surface area contributed by atoms with E-state index in [0.717, 1.165) is 51.9 Å². The van der Waals surface area contributed by atoms with Crippen molar-refractivity contribution < 1.29 is 14.4 Å². The number of carbonyl (C=O) groups excluding carboxylic acids is 3. The van der Waals surface area contributed by atoms with Gasteiger partial charge in [0, 0.05) is 50.2 Å². The average molecular weight is 592 g/mol. The molecule has 4 atom stereocenters. The van der Waals surface area contributed by atoms with Gasteiger partial charge in [0.2, 0.25) is 11.8 Å². The Bertz CT molecular complexity index is 1480. The van der Waals surface area contributed by atoms with Gasteiger partial charge in [-0.15, -0.1) is 0 Å². The Kier molecular flexibility index (Phi) is 9.19. The van der Waals surface area contributed by atoms with Crippen molar-refractivity contribution in [2.45, 2.75) is 56.3 Å². The molecule has 6 rings (SSSR count). The van der Waals surface area contributed by atoms with Gasteiger partial charge in [0.25, 0.3) is 5.91 Å². The molecule has 4 N–H and O–H groups in total. The van der Waals surface area contributed by atoms with Crippen LogP contribution in [-0.4, -0.2) is 54.3 Å². The first-order valence-electron chi connectivity index (χ1n) is 15.7. The Balaban J connectivity index is 1.05. The molecular formula is C36H41N5O3. The number of carbonyl (C=O) groups is 3. The van der Waals surface area contributed by atoms with E-state index in [-0.39, 0.29) is 47.7 Å². The Morgan fingerprint density at radius 2 is 1.61 bits per heavy atom. The maximum atomic E-state index is 13.0. The second-order valence-corrected chi connectivity index (χ2v) is 12.2. The molecule has 3 fully saturated rings. The predicted molar refractivity (Wildman–Crippen MR) is 172 cm³/mol. The van der Waals surface area contributed by atoms with Crippen LogP contribution in [0.15, 0.2) is 91.5 Å². The van der Waals surface area contributed by atoms with Gasteiger partial charge in [-0.2, -0.15) is 0 Å². The van der Waals surface area contributed by atoms with Crippen LogP contribution in [0.5, 0.6) is 0 Å². The molecule has 228 valence electrons. The lowest BCUT2D eigenvalue weighted by Gasteiger charge is -2.44. The monoisotopic (exact) mass is 591 g/mol.